The van der Waals surface area contributed by atoms with Crippen LogP contribution in [-0.4, -0.2) is 25.1 Å². The van der Waals surface area contributed by atoms with Gasteiger partial charge in [0.05, 0.1) is 18.7 Å². The second-order valence-electron chi connectivity index (χ2n) is 8.55. The highest BCUT2D eigenvalue weighted by atomic mass is 19.4. The summed E-state index contributed by atoms with van der Waals surface area (Å²) >= 11 is 0. The fourth-order valence-electron chi connectivity index (χ4n) is 3.87. The summed E-state index contributed by atoms with van der Waals surface area (Å²) in [7, 11) is 0. The molecule has 0 bridgehead atoms. The number of alkyl halides is 3. The van der Waals surface area contributed by atoms with Gasteiger partial charge in [-0.3, -0.25) is 4.79 Å². The van der Waals surface area contributed by atoms with Gasteiger partial charge in [-0.05, 0) is 72.9 Å². The van der Waals surface area contributed by atoms with E-state index in [1.54, 1.807) is 36.1 Å². The van der Waals surface area contributed by atoms with Gasteiger partial charge in [-0.25, -0.2) is 4.79 Å². The van der Waals surface area contributed by atoms with Crippen molar-refractivity contribution >= 4 is 17.6 Å². The van der Waals surface area contributed by atoms with E-state index in [0.29, 0.717) is 42.0 Å². The predicted molar refractivity (Wildman–Crippen MR) is 136 cm³/mol. The van der Waals surface area contributed by atoms with Crippen molar-refractivity contribution in [1.82, 2.24) is 0 Å². The van der Waals surface area contributed by atoms with E-state index < -0.39 is 17.7 Å². The maximum Gasteiger partial charge on any atom is 0.416 e. The molecule has 0 heterocycles. The number of benzene rings is 3. The van der Waals surface area contributed by atoms with Gasteiger partial charge in [-0.15, -0.1) is 0 Å². The zero-order valence-corrected chi connectivity index (χ0v) is 21.1. The summed E-state index contributed by atoms with van der Waals surface area (Å²) in [4.78, 5) is 26.3. The highest BCUT2D eigenvalue weighted by Crippen LogP contribution is 2.32. The van der Waals surface area contributed by atoms with Crippen LogP contribution in [0.2, 0.25) is 0 Å². The molecule has 0 N–H and O–H groups in total. The number of nitrogens with zero attached hydrogens (tertiary/aromatic N) is 1. The van der Waals surface area contributed by atoms with E-state index in [0.717, 1.165) is 23.3 Å². The Labute approximate surface area is 214 Å². The van der Waals surface area contributed by atoms with E-state index in [1.165, 1.54) is 12.1 Å². The second-order valence-corrected chi connectivity index (χ2v) is 8.55. The van der Waals surface area contributed by atoms with E-state index in [2.05, 4.69) is 0 Å². The van der Waals surface area contributed by atoms with Crippen molar-refractivity contribution in [2.24, 2.45) is 0 Å². The summed E-state index contributed by atoms with van der Waals surface area (Å²) in [5.41, 5.74) is 2.94. The molecule has 0 saturated carbocycles. The van der Waals surface area contributed by atoms with Gasteiger partial charge >= 0.3 is 12.1 Å². The van der Waals surface area contributed by atoms with Gasteiger partial charge in [-0.2, -0.15) is 13.2 Å². The van der Waals surface area contributed by atoms with Crippen LogP contribution >= 0.6 is 0 Å². The molecule has 0 spiro atoms. The first-order valence-electron chi connectivity index (χ1n) is 12.1. The number of ether oxygens (including phenoxy) is 2. The molecule has 1 amide bonds. The van der Waals surface area contributed by atoms with Crippen molar-refractivity contribution in [1.29, 1.82) is 0 Å². The summed E-state index contributed by atoms with van der Waals surface area (Å²) in [6, 6.07) is 17.6. The minimum absolute atomic E-state index is 0.0626. The zero-order chi connectivity index (χ0) is 27.0. The third-order valence-electron chi connectivity index (χ3n) is 5.70. The van der Waals surface area contributed by atoms with E-state index >= 15 is 0 Å². The van der Waals surface area contributed by atoms with Crippen molar-refractivity contribution in [3.63, 3.8) is 0 Å². The molecule has 0 aliphatic rings. The minimum atomic E-state index is -4.40. The Balaban J connectivity index is 1.84. The molecule has 8 heteroatoms. The predicted octanol–water partition coefficient (Wildman–Crippen LogP) is 6.96. The highest BCUT2D eigenvalue weighted by Gasteiger charge is 2.30. The molecule has 37 heavy (non-hydrogen) atoms. The summed E-state index contributed by atoms with van der Waals surface area (Å²) in [6.45, 7) is 5.90. The molecule has 0 aliphatic carbocycles. The molecule has 5 nitrogen and oxygen atoms in total. The molecule has 0 radical (unpaired) electrons. The molecule has 3 aromatic rings. The number of carbonyl (C=O) groups excluding carboxylic acids is 2. The average molecular weight is 514 g/mol. The monoisotopic (exact) mass is 513 g/mol. The molecule has 0 aromatic heterocycles. The lowest BCUT2D eigenvalue weighted by Gasteiger charge is -2.24. The Kier molecular flexibility index (Phi) is 9.33. The summed E-state index contributed by atoms with van der Waals surface area (Å²) in [5.74, 6) is 0.0372. The summed E-state index contributed by atoms with van der Waals surface area (Å²) < 4.78 is 49.3. The zero-order valence-electron chi connectivity index (χ0n) is 21.1. The van der Waals surface area contributed by atoms with Crippen molar-refractivity contribution in [2.75, 3.05) is 18.1 Å². The SMILES string of the molecule is CCCC(=O)N(Cc1ccc(OCC(=O)OCC)c(C)c1)c1cccc(-c2ccc(C(F)(F)F)cc2)c1. The smallest absolute Gasteiger partial charge is 0.416 e. The van der Waals surface area contributed by atoms with Crippen LogP contribution < -0.4 is 9.64 Å². The van der Waals surface area contributed by atoms with Crippen LogP contribution in [0.1, 0.15) is 43.4 Å². The Bertz CT molecular complexity index is 1220. The number of amides is 1. The Hall–Kier alpha value is -3.81. The van der Waals surface area contributed by atoms with Crippen LogP contribution in [0.15, 0.2) is 66.7 Å². The molecule has 0 saturated heterocycles. The first-order valence-corrected chi connectivity index (χ1v) is 12.1. The second kappa shape index (κ2) is 12.4. The number of esters is 1. The molecular weight excluding hydrogens is 483 g/mol. The first-order chi connectivity index (χ1) is 17.6. The quantitative estimate of drug-likeness (QED) is 0.275. The topological polar surface area (TPSA) is 55.8 Å². The number of aryl methyl sites for hydroxylation is 1. The van der Waals surface area contributed by atoms with Gasteiger partial charge in [0.1, 0.15) is 5.75 Å². The van der Waals surface area contributed by atoms with Crippen LogP contribution in [0.4, 0.5) is 18.9 Å². The van der Waals surface area contributed by atoms with Gasteiger partial charge < -0.3 is 14.4 Å². The van der Waals surface area contributed by atoms with Crippen LogP contribution in [0.5, 0.6) is 5.75 Å². The normalized spacial score (nSPS) is 11.2. The molecule has 0 fully saturated rings. The lowest BCUT2D eigenvalue weighted by Crippen LogP contribution is -2.30. The van der Waals surface area contributed by atoms with Crippen LogP contribution in [0, 0.1) is 6.92 Å². The summed E-state index contributed by atoms with van der Waals surface area (Å²) in [5, 5.41) is 0. The van der Waals surface area contributed by atoms with Gasteiger partial charge in [0.25, 0.3) is 0 Å². The maximum absolute atomic E-state index is 13.1. The number of halogens is 3. The lowest BCUT2D eigenvalue weighted by molar-refractivity contribution is -0.145. The third kappa shape index (κ3) is 7.59. The largest absolute Gasteiger partial charge is 0.482 e. The fourth-order valence-corrected chi connectivity index (χ4v) is 3.87. The van der Waals surface area contributed by atoms with E-state index in [4.69, 9.17) is 9.47 Å². The average Bonchev–Trinajstić information content (AvgIpc) is 2.86. The fraction of sp³-hybridized carbons (Fsp3) is 0.310. The third-order valence-corrected chi connectivity index (χ3v) is 5.70. The van der Waals surface area contributed by atoms with Gasteiger partial charge in [0, 0.05) is 12.1 Å². The van der Waals surface area contributed by atoms with Gasteiger partial charge in [0.15, 0.2) is 6.61 Å². The molecule has 196 valence electrons. The van der Waals surface area contributed by atoms with Gasteiger partial charge in [-0.1, -0.05) is 43.3 Å². The van der Waals surface area contributed by atoms with E-state index in [-0.39, 0.29) is 19.1 Å². The van der Waals surface area contributed by atoms with E-state index in [9.17, 15) is 22.8 Å². The molecule has 0 aliphatic heterocycles. The van der Waals surface area contributed by atoms with Crippen LogP contribution in [-0.2, 0) is 27.0 Å². The number of hydrogen-bond donors (Lipinski definition) is 0. The Morgan fingerprint density at radius 3 is 2.27 bits per heavy atom. The Morgan fingerprint density at radius 2 is 1.65 bits per heavy atom. The van der Waals surface area contributed by atoms with Crippen LogP contribution in [0.3, 0.4) is 0 Å². The number of rotatable bonds is 10. The van der Waals surface area contributed by atoms with Crippen LogP contribution in [0.25, 0.3) is 11.1 Å². The number of anilines is 1. The molecular formula is C29H30F3NO4. The minimum Gasteiger partial charge on any atom is -0.482 e. The lowest BCUT2D eigenvalue weighted by atomic mass is 10.0. The van der Waals surface area contributed by atoms with Crippen molar-refractivity contribution in [3.8, 4) is 16.9 Å². The van der Waals surface area contributed by atoms with Crippen molar-refractivity contribution in [3.05, 3.63) is 83.4 Å². The maximum atomic E-state index is 13.1. The standard InChI is InChI=1S/C29H30F3NO4/c1-4-7-27(34)33(18-21-10-15-26(20(3)16-21)37-19-28(35)36-5-2)25-9-6-8-23(17-25)22-11-13-24(14-12-22)29(30,31)32/h6,8-17H,4-5,7,18-19H2,1-3H3. The molecule has 3 rings (SSSR count). The molecule has 0 unspecified atom stereocenters. The highest BCUT2D eigenvalue weighted by molar-refractivity contribution is 5.94. The summed E-state index contributed by atoms with van der Waals surface area (Å²) in [6.07, 6.45) is -3.38. The Morgan fingerprint density at radius 1 is 0.919 bits per heavy atom. The molecule has 0 atom stereocenters. The first kappa shape index (κ1) is 27.8. The van der Waals surface area contributed by atoms with Gasteiger partial charge in [0.2, 0.25) is 5.91 Å². The van der Waals surface area contributed by atoms with E-state index in [1.807, 2.05) is 32.0 Å². The van der Waals surface area contributed by atoms with Crippen molar-refractivity contribution in [2.45, 2.75) is 46.3 Å². The number of hydrogen-bond acceptors (Lipinski definition) is 4. The number of carbonyl (C=O) groups is 2. The van der Waals surface area contributed by atoms with Crippen molar-refractivity contribution < 1.29 is 32.2 Å². The molecule has 3 aromatic carbocycles.